The van der Waals surface area contributed by atoms with E-state index in [2.05, 4.69) is 118 Å². The summed E-state index contributed by atoms with van der Waals surface area (Å²) in [4.78, 5) is 25.4. The summed E-state index contributed by atoms with van der Waals surface area (Å²) in [5, 5.41) is 0. The highest BCUT2D eigenvalue weighted by Crippen LogP contribution is 2.15. The van der Waals surface area contributed by atoms with Gasteiger partial charge in [-0.25, -0.2) is 0 Å². The van der Waals surface area contributed by atoms with Crippen molar-refractivity contribution in [3.8, 4) is 0 Å². The number of carbonyl (C=O) groups excluding carboxylic acids is 2. The zero-order valence-electron chi connectivity index (χ0n) is 43.2. The standard InChI is InChI=1S/C61H102O5/c1-4-7-10-13-16-19-22-25-28-30-31-32-34-36-39-42-45-48-51-54-60(62)65-58-59(57-64-56-53-50-47-44-41-38-35-29-26-23-20-17-14-11-8-5-2)66-61(63)55-52-49-46-43-40-37-33-27-24-21-18-15-12-9-6-3/h7,9-10,12,16,18-19,21,25,27-28,31-33,40,43,49,52,59H,4-6,8,11,13-15,17,20,22-24,26,29-30,34-39,41-42,44-48,50-51,53-58H2,1-3H3/b10-7-,12-9-,19-16-,21-18-,28-25-,32-31-,33-27-,43-40-,52-49-. The molecule has 1 unspecified atom stereocenters. The highest BCUT2D eigenvalue weighted by atomic mass is 16.6. The summed E-state index contributed by atoms with van der Waals surface area (Å²) in [6, 6.07) is 0. The van der Waals surface area contributed by atoms with Gasteiger partial charge in [0, 0.05) is 13.0 Å². The lowest BCUT2D eigenvalue weighted by Crippen LogP contribution is -2.29. The molecule has 0 aliphatic carbocycles. The molecule has 376 valence electrons. The molecule has 5 heteroatoms. The van der Waals surface area contributed by atoms with Crippen molar-refractivity contribution in [2.24, 2.45) is 0 Å². The second kappa shape index (κ2) is 55.9. The first kappa shape index (κ1) is 62.6. The van der Waals surface area contributed by atoms with Gasteiger partial charge in [0.05, 0.1) is 13.0 Å². The number of allylic oxidation sites excluding steroid dienone is 17. The Kier molecular flexibility index (Phi) is 53.0. The second-order valence-electron chi connectivity index (χ2n) is 17.7. The number of carbonyl (C=O) groups is 2. The smallest absolute Gasteiger partial charge is 0.310 e. The SMILES string of the molecule is CC/C=C\C/C=C\C/C=C\C/C=C\C/C=C\CC(=O)OC(COCCCCCCCCCCCCCCCCCC)COC(=O)CCCCCCCC/C=C\C/C=C\C/C=C\C/C=C\CC. The van der Waals surface area contributed by atoms with Crippen LogP contribution in [0.2, 0.25) is 0 Å². The first-order valence-electron chi connectivity index (χ1n) is 27.4. The monoisotopic (exact) mass is 915 g/mol. The van der Waals surface area contributed by atoms with E-state index in [1.807, 2.05) is 12.2 Å². The molecule has 0 aliphatic rings. The third-order valence-corrected chi connectivity index (χ3v) is 11.3. The van der Waals surface area contributed by atoms with Gasteiger partial charge < -0.3 is 14.2 Å². The van der Waals surface area contributed by atoms with E-state index in [0.717, 1.165) is 96.3 Å². The first-order valence-corrected chi connectivity index (χ1v) is 27.4. The molecule has 0 bridgehead atoms. The number of rotatable bonds is 49. The lowest BCUT2D eigenvalue weighted by molar-refractivity contribution is -0.162. The Labute approximate surface area is 408 Å². The zero-order chi connectivity index (χ0) is 47.7. The van der Waals surface area contributed by atoms with Crippen molar-refractivity contribution in [3.05, 3.63) is 109 Å². The molecule has 0 heterocycles. The maximum atomic E-state index is 12.8. The number of unbranched alkanes of at least 4 members (excludes halogenated alkanes) is 21. The highest BCUT2D eigenvalue weighted by Gasteiger charge is 2.17. The fraction of sp³-hybridized carbons (Fsp3) is 0.672. The van der Waals surface area contributed by atoms with Gasteiger partial charge in [-0.1, -0.05) is 252 Å². The Bertz CT molecular complexity index is 1310. The lowest BCUT2D eigenvalue weighted by Gasteiger charge is -2.18. The van der Waals surface area contributed by atoms with Crippen LogP contribution in [-0.2, 0) is 23.8 Å². The summed E-state index contributed by atoms with van der Waals surface area (Å²) in [6.07, 6.45) is 77.0. The van der Waals surface area contributed by atoms with Crippen molar-refractivity contribution in [1.82, 2.24) is 0 Å². The summed E-state index contributed by atoms with van der Waals surface area (Å²) < 4.78 is 17.3. The average Bonchev–Trinajstić information content (AvgIpc) is 3.32. The van der Waals surface area contributed by atoms with Gasteiger partial charge in [0.1, 0.15) is 6.61 Å². The van der Waals surface area contributed by atoms with Crippen LogP contribution in [-0.4, -0.2) is 37.9 Å². The third kappa shape index (κ3) is 53.2. The van der Waals surface area contributed by atoms with Crippen molar-refractivity contribution in [3.63, 3.8) is 0 Å². The summed E-state index contributed by atoms with van der Waals surface area (Å²) >= 11 is 0. The van der Waals surface area contributed by atoms with E-state index in [4.69, 9.17) is 14.2 Å². The van der Waals surface area contributed by atoms with Crippen LogP contribution in [0.4, 0.5) is 0 Å². The van der Waals surface area contributed by atoms with E-state index < -0.39 is 6.10 Å². The van der Waals surface area contributed by atoms with Crippen molar-refractivity contribution in [2.75, 3.05) is 19.8 Å². The minimum atomic E-state index is -0.601. The fourth-order valence-electron chi connectivity index (χ4n) is 7.34. The molecule has 0 aromatic carbocycles. The van der Waals surface area contributed by atoms with E-state index >= 15 is 0 Å². The van der Waals surface area contributed by atoms with E-state index in [-0.39, 0.29) is 31.6 Å². The van der Waals surface area contributed by atoms with Crippen LogP contribution < -0.4 is 0 Å². The van der Waals surface area contributed by atoms with Gasteiger partial charge in [0.2, 0.25) is 0 Å². The van der Waals surface area contributed by atoms with E-state index in [1.54, 1.807) is 0 Å². The predicted molar refractivity (Wildman–Crippen MR) is 288 cm³/mol. The molecule has 5 nitrogen and oxygen atoms in total. The minimum Gasteiger partial charge on any atom is -0.462 e. The van der Waals surface area contributed by atoms with Gasteiger partial charge in [-0.2, -0.15) is 0 Å². The Morgan fingerprint density at radius 3 is 1.17 bits per heavy atom. The molecule has 0 rings (SSSR count). The van der Waals surface area contributed by atoms with Crippen LogP contribution in [0.1, 0.15) is 239 Å². The number of hydrogen-bond acceptors (Lipinski definition) is 5. The Morgan fingerprint density at radius 1 is 0.364 bits per heavy atom. The molecule has 0 aromatic heterocycles. The van der Waals surface area contributed by atoms with Crippen molar-refractivity contribution in [1.29, 1.82) is 0 Å². The largest absolute Gasteiger partial charge is 0.462 e. The Balaban J connectivity index is 4.40. The summed E-state index contributed by atoms with van der Waals surface area (Å²) in [7, 11) is 0. The van der Waals surface area contributed by atoms with Gasteiger partial charge in [0.15, 0.2) is 6.10 Å². The number of esters is 2. The molecular weight excluding hydrogens is 813 g/mol. The highest BCUT2D eigenvalue weighted by molar-refractivity contribution is 5.71. The molecule has 0 spiro atoms. The molecule has 0 amide bonds. The van der Waals surface area contributed by atoms with Crippen molar-refractivity contribution in [2.45, 2.75) is 245 Å². The van der Waals surface area contributed by atoms with Crippen LogP contribution in [0.3, 0.4) is 0 Å². The molecule has 1 atom stereocenters. The number of hydrogen-bond donors (Lipinski definition) is 0. The molecule has 0 saturated heterocycles. The topological polar surface area (TPSA) is 61.8 Å². The molecule has 0 aliphatic heterocycles. The van der Waals surface area contributed by atoms with Gasteiger partial charge >= 0.3 is 11.9 Å². The van der Waals surface area contributed by atoms with Crippen LogP contribution in [0.15, 0.2) is 109 Å². The van der Waals surface area contributed by atoms with Gasteiger partial charge in [-0.15, -0.1) is 0 Å². The summed E-state index contributed by atoms with van der Waals surface area (Å²) in [6.45, 7) is 7.49. The third-order valence-electron chi connectivity index (χ3n) is 11.3. The van der Waals surface area contributed by atoms with Crippen LogP contribution >= 0.6 is 0 Å². The quantitative estimate of drug-likeness (QED) is 0.0346. The fourth-order valence-corrected chi connectivity index (χ4v) is 7.34. The number of ether oxygens (including phenoxy) is 3. The Hall–Kier alpha value is -3.44. The molecule has 0 N–H and O–H groups in total. The molecule has 0 saturated carbocycles. The molecule has 0 fully saturated rings. The molecular formula is C61H102O5. The van der Waals surface area contributed by atoms with Crippen LogP contribution in [0.5, 0.6) is 0 Å². The first-order chi connectivity index (χ1) is 32.6. The van der Waals surface area contributed by atoms with E-state index in [0.29, 0.717) is 13.0 Å². The average molecular weight is 915 g/mol. The molecule has 0 radical (unpaired) electrons. The predicted octanol–water partition coefficient (Wildman–Crippen LogP) is 18.8. The van der Waals surface area contributed by atoms with Crippen molar-refractivity contribution < 1.29 is 23.8 Å². The summed E-state index contributed by atoms with van der Waals surface area (Å²) in [5.74, 6) is -0.559. The zero-order valence-corrected chi connectivity index (χ0v) is 43.2. The van der Waals surface area contributed by atoms with Gasteiger partial charge in [-0.05, 0) is 83.5 Å². The van der Waals surface area contributed by atoms with Gasteiger partial charge in [-0.3, -0.25) is 9.59 Å². The normalized spacial score (nSPS) is 13.1. The van der Waals surface area contributed by atoms with Crippen LogP contribution in [0, 0.1) is 0 Å². The van der Waals surface area contributed by atoms with Gasteiger partial charge in [0.25, 0.3) is 0 Å². The molecule has 66 heavy (non-hydrogen) atoms. The lowest BCUT2D eigenvalue weighted by atomic mass is 10.0. The maximum absolute atomic E-state index is 12.8. The minimum absolute atomic E-state index is 0.0342. The maximum Gasteiger partial charge on any atom is 0.310 e. The second-order valence-corrected chi connectivity index (χ2v) is 17.7. The van der Waals surface area contributed by atoms with E-state index in [9.17, 15) is 9.59 Å². The Morgan fingerprint density at radius 2 is 0.727 bits per heavy atom. The van der Waals surface area contributed by atoms with E-state index in [1.165, 1.54) is 109 Å². The molecule has 0 aromatic rings. The van der Waals surface area contributed by atoms with Crippen molar-refractivity contribution >= 4 is 11.9 Å². The van der Waals surface area contributed by atoms with Crippen LogP contribution in [0.25, 0.3) is 0 Å². The summed E-state index contributed by atoms with van der Waals surface area (Å²) in [5.41, 5.74) is 0.